The molecule has 0 saturated heterocycles. The van der Waals surface area contributed by atoms with E-state index in [1.165, 1.54) is 16.6 Å². The summed E-state index contributed by atoms with van der Waals surface area (Å²) in [6.45, 7) is 15.3. The summed E-state index contributed by atoms with van der Waals surface area (Å²) < 4.78 is 2.49. The molecule has 3 nitrogen and oxygen atoms in total. The SMILES string of the molecule is CCN(CC)Cc1cc2ccccc2n1CN(CC)CC. The van der Waals surface area contributed by atoms with Crippen LogP contribution in [0.5, 0.6) is 0 Å². The first kappa shape index (κ1) is 16.1. The molecule has 21 heavy (non-hydrogen) atoms. The summed E-state index contributed by atoms with van der Waals surface area (Å²) in [7, 11) is 0. The summed E-state index contributed by atoms with van der Waals surface area (Å²) >= 11 is 0. The van der Waals surface area contributed by atoms with Gasteiger partial charge >= 0.3 is 0 Å². The highest BCUT2D eigenvalue weighted by atomic mass is 15.3. The Hall–Kier alpha value is -1.32. The van der Waals surface area contributed by atoms with E-state index in [1.54, 1.807) is 0 Å². The first-order valence-corrected chi connectivity index (χ1v) is 8.25. The third-order valence-electron chi connectivity index (χ3n) is 4.41. The molecule has 0 N–H and O–H groups in total. The lowest BCUT2D eigenvalue weighted by Crippen LogP contribution is -2.29. The van der Waals surface area contributed by atoms with Gasteiger partial charge in [-0.3, -0.25) is 9.80 Å². The first-order valence-electron chi connectivity index (χ1n) is 8.25. The molecule has 0 aliphatic rings. The van der Waals surface area contributed by atoms with Gasteiger partial charge in [0.1, 0.15) is 0 Å². The Morgan fingerprint density at radius 2 is 1.48 bits per heavy atom. The van der Waals surface area contributed by atoms with Gasteiger partial charge in [0.25, 0.3) is 0 Å². The minimum Gasteiger partial charge on any atom is -0.330 e. The van der Waals surface area contributed by atoms with E-state index in [4.69, 9.17) is 0 Å². The second kappa shape index (κ2) is 7.62. The molecule has 0 saturated carbocycles. The number of aromatic nitrogens is 1. The zero-order chi connectivity index (χ0) is 15.2. The van der Waals surface area contributed by atoms with E-state index in [-0.39, 0.29) is 0 Å². The molecule has 1 aromatic heterocycles. The van der Waals surface area contributed by atoms with Crippen molar-refractivity contribution in [3.05, 3.63) is 36.0 Å². The van der Waals surface area contributed by atoms with Crippen LogP contribution in [0.4, 0.5) is 0 Å². The van der Waals surface area contributed by atoms with Crippen LogP contribution in [-0.2, 0) is 13.2 Å². The highest BCUT2D eigenvalue weighted by Crippen LogP contribution is 2.21. The number of nitrogens with zero attached hydrogens (tertiary/aromatic N) is 3. The van der Waals surface area contributed by atoms with Crippen LogP contribution >= 0.6 is 0 Å². The molecule has 2 aromatic rings. The van der Waals surface area contributed by atoms with Crippen LogP contribution in [-0.4, -0.2) is 40.5 Å². The fourth-order valence-electron chi connectivity index (χ4n) is 2.87. The Balaban J connectivity index is 2.37. The Kier molecular flexibility index (Phi) is 5.83. The molecule has 0 amide bonds. The van der Waals surface area contributed by atoms with Crippen molar-refractivity contribution in [3.8, 4) is 0 Å². The summed E-state index contributed by atoms with van der Waals surface area (Å²) in [5.41, 5.74) is 2.78. The number of para-hydroxylation sites is 1. The number of hydrogen-bond donors (Lipinski definition) is 0. The molecule has 0 unspecified atom stereocenters. The van der Waals surface area contributed by atoms with Crippen molar-refractivity contribution in [2.45, 2.75) is 40.9 Å². The quantitative estimate of drug-likeness (QED) is 0.732. The first-order chi connectivity index (χ1) is 10.2. The van der Waals surface area contributed by atoms with Crippen molar-refractivity contribution >= 4 is 10.9 Å². The lowest BCUT2D eigenvalue weighted by molar-refractivity contribution is 0.231. The molecule has 1 aromatic carbocycles. The average Bonchev–Trinajstić information content (AvgIpc) is 2.87. The average molecular weight is 287 g/mol. The van der Waals surface area contributed by atoms with Gasteiger partial charge in [0.2, 0.25) is 0 Å². The topological polar surface area (TPSA) is 11.4 Å². The number of fused-ring (bicyclic) bond motifs is 1. The normalized spacial score (nSPS) is 11.9. The van der Waals surface area contributed by atoms with Crippen LogP contribution in [0.25, 0.3) is 10.9 Å². The lowest BCUT2D eigenvalue weighted by Gasteiger charge is -2.24. The van der Waals surface area contributed by atoms with E-state index >= 15 is 0 Å². The predicted molar refractivity (Wildman–Crippen MR) is 91.5 cm³/mol. The summed E-state index contributed by atoms with van der Waals surface area (Å²) in [5, 5.41) is 1.35. The van der Waals surface area contributed by atoms with Gasteiger partial charge < -0.3 is 4.57 Å². The molecule has 0 bridgehead atoms. The van der Waals surface area contributed by atoms with E-state index in [1.807, 2.05) is 0 Å². The van der Waals surface area contributed by atoms with Crippen LogP contribution in [0.15, 0.2) is 30.3 Å². The summed E-state index contributed by atoms with van der Waals surface area (Å²) in [6.07, 6.45) is 0. The van der Waals surface area contributed by atoms with E-state index in [0.29, 0.717) is 0 Å². The monoisotopic (exact) mass is 287 g/mol. The van der Waals surface area contributed by atoms with Crippen LogP contribution in [0, 0.1) is 0 Å². The van der Waals surface area contributed by atoms with Gasteiger partial charge in [-0.25, -0.2) is 0 Å². The molecule has 1 heterocycles. The highest BCUT2D eigenvalue weighted by Gasteiger charge is 2.12. The Morgan fingerprint density at radius 3 is 2.10 bits per heavy atom. The van der Waals surface area contributed by atoms with Gasteiger partial charge in [-0.15, -0.1) is 0 Å². The third kappa shape index (κ3) is 3.66. The van der Waals surface area contributed by atoms with E-state index < -0.39 is 0 Å². The minimum atomic E-state index is 0.983. The largest absolute Gasteiger partial charge is 0.330 e. The second-order valence-electron chi connectivity index (χ2n) is 5.53. The van der Waals surface area contributed by atoms with E-state index in [2.05, 4.69) is 72.4 Å². The molecule has 0 atom stereocenters. The van der Waals surface area contributed by atoms with Crippen molar-refractivity contribution in [3.63, 3.8) is 0 Å². The highest BCUT2D eigenvalue weighted by molar-refractivity contribution is 5.81. The lowest BCUT2D eigenvalue weighted by atomic mass is 10.2. The minimum absolute atomic E-state index is 0.983. The van der Waals surface area contributed by atoms with Gasteiger partial charge in [-0.05, 0) is 43.7 Å². The van der Waals surface area contributed by atoms with Gasteiger partial charge in [-0.2, -0.15) is 0 Å². The Morgan fingerprint density at radius 1 is 0.857 bits per heavy atom. The van der Waals surface area contributed by atoms with Gasteiger partial charge in [0.05, 0.1) is 6.67 Å². The maximum atomic E-state index is 2.49. The fourth-order valence-corrected chi connectivity index (χ4v) is 2.87. The second-order valence-corrected chi connectivity index (χ2v) is 5.53. The summed E-state index contributed by atoms with van der Waals surface area (Å²) in [5.74, 6) is 0. The molecule has 0 aliphatic heterocycles. The number of rotatable bonds is 8. The molecule has 0 radical (unpaired) electrons. The third-order valence-corrected chi connectivity index (χ3v) is 4.41. The number of hydrogen-bond acceptors (Lipinski definition) is 2. The van der Waals surface area contributed by atoms with Gasteiger partial charge in [0, 0.05) is 17.8 Å². The molecule has 0 aliphatic carbocycles. The van der Waals surface area contributed by atoms with Crippen LogP contribution in [0.3, 0.4) is 0 Å². The van der Waals surface area contributed by atoms with Crippen molar-refractivity contribution < 1.29 is 0 Å². The van der Waals surface area contributed by atoms with Gasteiger partial charge in [0.15, 0.2) is 0 Å². The predicted octanol–water partition coefficient (Wildman–Crippen LogP) is 3.78. The molecule has 0 fully saturated rings. The van der Waals surface area contributed by atoms with E-state index in [9.17, 15) is 0 Å². The van der Waals surface area contributed by atoms with Crippen LogP contribution in [0.1, 0.15) is 33.4 Å². The van der Waals surface area contributed by atoms with E-state index in [0.717, 1.165) is 39.4 Å². The fraction of sp³-hybridized carbons (Fsp3) is 0.556. The van der Waals surface area contributed by atoms with Crippen LogP contribution < -0.4 is 0 Å². The molecule has 116 valence electrons. The Bertz CT molecular complexity index is 551. The maximum absolute atomic E-state index is 2.49. The van der Waals surface area contributed by atoms with Crippen molar-refractivity contribution in [2.24, 2.45) is 0 Å². The molecule has 2 rings (SSSR count). The molecular formula is C18H29N3. The standard InChI is InChI=1S/C18H29N3/c1-5-19(6-2)14-17-13-16-11-9-10-12-18(16)21(17)15-20(7-3)8-4/h9-13H,5-8,14-15H2,1-4H3. The maximum Gasteiger partial charge on any atom is 0.0754 e. The molecule has 0 spiro atoms. The summed E-state index contributed by atoms with van der Waals surface area (Å²) in [6, 6.07) is 11.1. The smallest absolute Gasteiger partial charge is 0.0754 e. The van der Waals surface area contributed by atoms with Crippen molar-refractivity contribution in [2.75, 3.05) is 26.2 Å². The molecule has 3 heteroatoms. The summed E-state index contributed by atoms with van der Waals surface area (Å²) in [4.78, 5) is 4.95. The zero-order valence-corrected chi connectivity index (χ0v) is 14.0. The van der Waals surface area contributed by atoms with Crippen molar-refractivity contribution in [1.82, 2.24) is 14.4 Å². The number of benzene rings is 1. The van der Waals surface area contributed by atoms with Crippen LogP contribution in [0.2, 0.25) is 0 Å². The molecular weight excluding hydrogens is 258 g/mol. The zero-order valence-electron chi connectivity index (χ0n) is 14.0. The van der Waals surface area contributed by atoms with Gasteiger partial charge in [-0.1, -0.05) is 45.9 Å². The Labute approximate surface area is 129 Å². The van der Waals surface area contributed by atoms with Crippen molar-refractivity contribution in [1.29, 1.82) is 0 Å².